The van der Waals surface area contributed by atoms with Gasteiger partial charge in [0.25, 0.3) is 0 Å². The molecule has 0 radical (unpaired) electrons. The van der Waals surface area contributed by atoms with E-state index in [1.165, 1.54) is 16.9 Å². The fourth-order valence-corrected chi connectivity index (χ4v) is 2.18. The third-order valence-electron chi connectivity index (χ3n) is 2.04. The van der Waals surface area contributed by atoms with Crippen LogP contribution in [0.5, 0.6) is 0 Å². The second-order valence-corrected chi connectivity index (χ2v) is 5.81. The summed E-state index contributed by atoms with van der Waals surface area (Å²) in [4.78, 5) is 15.9. The van der Waals surface area contributed by atoms with E-state index in [-0.39, 0.29) is 5.97 Å². The number of esters is 1. The minimum absolute atomic E-state index is 0.306. The molecule has 0 aromatic carbocycles. The molecule has 88 valence electrons. The maximum atomic E-state index is 11.7. The van der Waals surface area contributed by atoms with Gasteiger partial charge >= 0.3 is 119 Å². The average molecular weight is 395 g/mol. The third-order valence-corrected chi connectivity index (χ3v) is 3.59. The van der Waals surface area contributed by atoms with Crippen molar-refractivity contribution in [2.45, 2.75) is 26.2 Å². The number of aromatic nitrogens is 1. The van der Waals surface area contributed by atoms with Gasteiger partial charge in [-0.05, 0) is 0 Å². The Bertz CT molecular complexity index is 371. The Balaban J connectivity index is 2.55. The molecule has 0 spiro atoms. The molecule has 0 fully saturated rings. The second kappa shape index (κ2) is 7.28. The summed E-state index contributed by atoms with van der Waals surface area (Å²) in [6, 6.07) is 3.81. The third kappa shape index (κ3) is 4.42. The van der Waals surface area contributed by atoms with Crippen molar-refractivity contribution < 1.29 is 9.53 Å². The zero-order chi connectivity index (χ0) is 12.0. The van der Waals surface area contributed by atoms with Crippen LogP contribution in [0.1, 0.15) is 36.7 Å². The van der Waals surface area contributed by atoms with E-state index in [0.29, 0.717) is 12.3 Å². The summed E-state index contributed by atoms with van der Waals surface area (Å²) in [6.45, 7) is 2.61. The van der Waals surface area contributed by atoms with Crippen LogP contribution in [-0.4, -0.2) is 34.4 Å². The first-order valence-corrected chi connectivity index (χ1v) is 7.53. The maximum absolute atomic E-state index is 11.7. The molecule has 1 heterocycles. The summed E-state index contributed by atoms with van der Waals surface area (Å²) >= 11 is 3.51. The van der Waals surface area contributed by atoms with Gasteiger partial charge in [0, 0.05) is 0 Å². The molecule has 16 heavy (non-hydrogen) atoms. The van der Waals surface area contributed by atoms with Crippen molar-refractivity contribution in [3.63, 3.8) is 0 Å². The number of hydrogen-bond donors (Lipinski definition) is 0. The van der Waals surface area contributed by atoms with Crippen LogP contribution in [0.4, 0.5) is 0 Å². The predicted molar refractivity (Wildman–Crippen MR) is 74.9 cm³/mol. The monoisotopic (exact) mass is 395 g/mol. The Kier molecular flexibility index (Phi) is 6.35. The summed E-state index contributed by atoms with van der Waals surface area (Å²) in [5, 5.41) is 0. The molecular formula is C11H15AsINO2. The molecule has 1 aromatic heterocycles. The molecule has 3 nitrogen and oxygen atoms in total. The van der Waals surface area contributed by atoms with Crippen LogP contribution in [0.3, 0.4) is 0 Å². The van der Waals surface area contributed by atoms with Gasteiger partial charge in [0.05, 0.1) is 0 Å². The average Bonchev–Trinajstić information content (AvgIpc) is 2.27. The van der Waals surface area contributed by atoms with E-state index in [2.05, 4.69) is 34.5 Å². The van der Waals surface area contributed by atoms with Crippen LogP contribution in [0.25, 0.3) is 0 Å². The predicted octanol–water partition coefficient (Wildman–Crippen LogP) is 1.29. The van der Waals surface area contributed by atoms with E-state index in [9.17, 15) is 4.79 Å². The van der Waals surface area contributed by atoms with Gasteiger partial charge in [0.2, 0.25) is 0 Å². The molecule has 0 aliphatic rings. The molecule has 0 amide bonds. The van der Waals surface area contributed by atoms with E-state index in [4.69, 9.17) is 4.74 Å². The number of carbonyl (C=O) groups is 1. The van der Waals surface area contributed by atoms with Crippen LogP contribution >= 0.6 is 22.6 Å². The number of ether oxygens (including phenoxy) is 1. The van der Waals surface area contributed by atoms with Crippen LogP contribution in [0.15, 0.2) is 12.1 Å². The topological polar surface area (TPSA) is 39.2 Å². The fraction of sp³-hybridized carbons (Fsp3) is 0.455. The first kappa shape index (κ1) is 14.0. The molecule has 0 aliphatic carbocycles. The SMILES string of the molecule is CCCCCOC(=O)c1nc([AsH2])ccc1I. The van der Waals surface area contributed by atoms with Gasteiger partial charge in [-0.15, -0.1) is 0 Å². The van der Waals surface area contributed by atoms with E-state index < -0.39 is 0 Å². The van der Waals surface area contributed by atoms with Crippen molar-refractivity contribution in [3.05, 3.63) is 21.4 Å². The van der Waals surface area contributed by atoms with Gasteiger partial charge in [0.15, 0.2) is 0 Å². The van der Waals surface area contributed by atoms with Crippen LogP contribution < -0.4 is 4.48 Å². The van der Waals surface area contributed by atoms with Crippen molar-refractivity contribution in [2.75, 3.05) is 6.61 Å². The molecule has 1 atom stereocenters. The first-order valence-electron chi connectivity index (χ1n) is 5.24. The van der Waals surface area contributed by atoms with E-state index in [1.807, 2.05) is 12.1 Å². The van der Waals surface area contributed by atoms with Crippen molar-refractivity contribution in [3.8, 4) is 0 Å². The van der Waals surface area contributed by atoms with Crippen molar-refractivity contribution >= 4 is 49.9 Å². The summed E-state index contributed by atoms with van der Waals surface area (Å²) in [7, 11) is 0. The van der Waals surface area contributed by atoms with Crippen LogP contribution in [-0.2, 0) is 4.74 Å². The summed E-state index contributed by atoms with van der Waals surface area (Å²) in [5.41, 5.74) is 0.443. The molecule has 1 unspecified atom stereocenters. The van der Waals surface area contributed by atoms with E-state index in [0.717, 1.165) is 27.3 Å². The number of carbonyl (C=O) groups excluding carboxylic acids is 1. The molecule has 1 rings (SSSR count). The molecular weight excluding hydrogens is 380 g/mol. The van der Waals surface area contributed by atoms with Crippen molar-refractivity contribution in [2.24, 2.45) is 0 Å². The number of hydrogen-bond acceptors (Lipinski definition) is 3. The summed E-state index contributed by atoms with van der Waals surface area (Å²) in [5.74, 6) is -0.306. The summed E-state index contributed by atoms with van der Waals surface area (Å²) < 4.78 is 6.91. The van der Waals surface area contributed by atoms with Gasteiger partial charge in [-0.3, -0.25) is 0 Å². The van der Waals surface area contributed by atoms with E-state index >= 15 is 0 Å². The first-order chi connectivity index (χ1) is 7.65. The van der Waals surface area contributed by atoms with Gasteiger partial charge in [-0.2, -0.15) is 0 Å². The quantitative estimate of drug-likeness (QED) is 0.327. The molecule has 0 bridgehead atoms. The molecule has 0 aliphatic heterocycles. The Morgan fingerprint density at radius 3 is 2.94 bits per heavy atom. The standard InChI is InChI=1S/C11H15AsINO2/c1-2-3-4-7-16-11(15)10-8(13)5-6-9(12)14-10/h5-6H,2-4,7,12H2,1H3. The number of nitrogens with zero attached hydrogens (tertiary/aromatic N) is 1. The van der Waals surface area contributed by atoms with Gasteiger partial charge in [-0.1, -0.05) is 0 Å². The normalized spacial score (nSPS) is 10.2. The Labute approximate surface area is 118 Å². The molecule has 0 saturated heterocycles. The zero-order valence-electron chi connectivity index (χ0n) is 9.20. The fourth-order valence-electron chi connectivity index (χ4n) is 1.19. The van der Waals surface area contributed by atoms with Gasteiger partial charge in [0.1, 0.15) is 0 Å². The van der Waals surface area contributed by atoms with Crippen molar-refractivity contribution in [1.29, 1.82) is 0 Å². The van der Waals surface area contributed by atoms with E-state index in [1.54, 1.807) is 0 Å². The Morgan fingerprint density at radius 2 is 2.25 bits per heavy atom. The molecule has 1 aromatic rings. The van der Waals surface area contributed by atoms with Crippen LogP contribution in [0.2, 0.25) is 0 Å². The minimum atomic E-state index is -0.306. The number of pyridine rings is 1. The molecule has 5 heteroatoms. The zero-order valence-corrected chi connectivity index (χ0v) is 13.8. The number of halogens is 1. The van der Waals surface area contributed by atoms with Crippen molar-refractivity contribution in [1.82, 2.24) is 4.98 Å². The second-order valence-electron chi connectivity index (χ2n) is 3.41. The Morgan fingerprint density at radius 1 is 1.50 bits per heavy atom. The summed E-state index contributed by atoms with van der Waals surface area (Å²) in [6.07, 6.45) is 3.14. The number of rotatable bonds is 5. The Hall–Kier alpha value is -0.0916. The van der Waals surface area contributed by atoms with Gasteiger partial charge in [-0.25, -0.2) is 0 Å². The van der Waals surface area contributed by atoms with Gasteiger partial charge < -0.3 is 0 Å². The molecule has 0 N–H and O–H groups in total. The van der Waals surface area contributed by atoms with Crippen LogP contribution in [0, 0.1) is 3.57 Å². The molecule has 0 saturated carbocycles. The number of unbranched alkanes of at least 4 members (excludes halogenated alkanes) is 2.